The summed E-state index contributed by atoms with van der Waals surface area (Å²) in [6.45, 7) is 6.70. The number of amides is 2. The zero-order valence-corrected chi connectivity index (χ0v) is 22.8. The van der Waals surface area contributed by atoms with Crippen LogP contribution in [0.1, 0.15) is 58.5 Å². The van der Waals surface area contributed by atoms with Crippen molar-refractivity contribution in [2.45, 2.75) is 52.0 Å². The molecule has 0 saturated carbocycles. The van der Waals surface area contributed by atoms with Gasteiger partial charge in [-0.1, -0.05) is 54.1 Å². The van der Waals surface area contributed by atoms with Gasteiger partial charge in [0.2, 0.25) is 10.9 Å². The van der Waals surface area contributed by atoms with Crippen molar-refractivity contribution in [3.63, 3.8) is 0 Å². The highest BCUT2D eigenvalue weighted by molar-refractivity contribution is 7.13. The number of carbonyl (C=O) groups excluding carboxylic acids is 2. The molecule has 2 fully saturated rings. The minimum atomic E-state index is -0.528. The Hall–Kier alpha value is -2.81. The lowest BCUT2D eigenvalue weighted by atomic mass is 9.99. The van der Waals surface area contributed by atoms with Crippen molar-refractivity contribution in [1.82, 2.24) is 15.1 Å². The molecule has 0 aliphatic carbocycles. The van der Waals surface area contributed by atoms with Gasteiger partial charge >= 0.3 is 0 Å². The molecule has 0 atom stereocenters. The van der Waals surface area contributed by atoms with Crippen LogP contribution in [0.25, 0.3) is 0 Å². The van der Waals surface area contributed by atoms with Crippen molar-refractivity contribution in [3.8, 4) is 0 Å². The van der Waals surface area contributed by atoms with Crippen LogP contribution in [0.15, 0.2) is 48.5 Å². The Balaban J connectivity index is 0.000000176. The number of piperidine rings is 1. The Labute approximate surface area is 227 Å². The molecule has 9 heteroatoms. The fraction of sp³-hybridized carbons (Fsp3) is 0.429. The normalized spacial score (nSPS) is 16.5. The van der Waals surface area contributed by atoms with E-state index in [1.54, 1.807) is 0 Å². The van der Waals surface area contributed by atoms with E-state index in [1.165, 1.54) is 48.4 Å². The van der Waals surface area contributed by atoms with Gasteiger partial charge < -0.3 is 10.6 Å². The number of carbonyl (C=O) groups is 2. The number of primary amides is 1. The second-order valence-corrected chi connectivity index (χ2v) is 11.3. The molecule has 3 heterocycles. The minimum Gasteiger partial charge on any atom is -0.363 e. The van der Waals surface area contributed by atoms with E-state index in [0.29, 0.717) is 6.42 Å². The van der Waals surface area contributed by atoms with Gasteiger partial charge in [0, 0.05) is 36.6 Å². The van der Waals surface area contributed by atoms with Crippen LogP contribution >= 0.6 is 22.9 Å². The Kier molecular flexibility index (Phi) is 9.66. The van der Waals surface area contributed by atoms with Crippen molar-refractivity contribution < 1.29 is 9.59 Å². The summed E-state index contributed by atoms with van der Waals surface area (Å²) in [4.78, 5) is 27.0. The van der Waals surface area contributed by atoms with Gasteiger partial charge in [0.1, 0.15) is 5.01 Å². The molecule has 2 aliphatic rings. The van der Waals surface area contributed by atoms with E-state index in [0.717, 1.165) is 54.0 Å². The van der Waals surface area contributed by atoms with Crippen molar-refractivity contribution in [2.75, 3.05) is 24.5 Å². The largest absolute Gasteiger partial charge is 0.363 e. The number of hydrogen-bond donors (Lipinski definition) is 1. The third-order valence-electron chi connectivity index (χ3n) is 6.82. The molecule has 0 unspecified atom stereocenters. The topological polar surface area (TPSA) is 92.4 Å². The minimum absolute atomic E-state index is 0.260. The lowest BCUT2D eigenvalue weighted by Gasteiger charge is -2.30. The fourth-order valence-electron chi connectivity index (χ4n) is 4.54. The van der Waals surface area contributed by atoms with Crippen LogP contribution in [0.3, 0.4) is 0 Å². The first-order valence-electron chi connectivity index (χ1n) is 12.9. The fourth-order valence-corrected chi connectivity index (χ4v) is 5.35. The number of anilines is 1. The Morgan fingerprint density at radius 1 is 1.00 bits per heavy atom. The number of rotatable bonds is 7. The highest BCUT2D eigenvalue weighted by atomic mass is 35.5. The van der Waals surface area contributed by atoms with Crippen molar-refractivity contribution in [3.05, 3.63) is 74.7 Å². The lowest BCUT2D eigenvalue weighted by molar-refractivity contribution is -0.117. The highest BCUT2D eigenvalue weighted by Gasteiger charge is 2.21. The molecule has 0 bridgehead atoms. The van der Waals surface area contributed by atoms with Crippen LogP contribution in [0.5, 0.6) is 0 Å². The molecule has 37 heavy (non-hydrogen) atoms. The standard InChI is InChI=1S/C17H24N2O.C11H10ClN3OS/c1-14-8-11-18(12-9-14)13-15-4-6-16(7-5-15)19-10-2-3-17(19)20;12-8-4-1-7(2-5-8)3-6-9-14-15-11(17-9)10(13)16/h4-7,14H,2-3,8-13H2,1H3;1-2,4-5H,3,6H2,(H2,13,16). The predicted molar refractivity (Wildman–Crippen MR) is 149 cm³/mol. The number of nitrogens with zero attached hydrogens (tertiary/aromatic N) is 4. The molecule has 1 aromatic heterocycles. The molecule has 0 radical (unpaired) electrons. The second-order valence-electron chi connectivity index (χ2n) is 9.77. The molecule has 5 rings (SSSR count). The average molecular weight is 540 g/mol. The summed E-state index contributed by atoms with van der Waals surface area (Å²) < 4.78 is 0. The van der Waals surface area contributed by atoms with E-state index in [4.69, 9.17) is 17.3 Å². The van der Waals surface area contributed by atoms with Gasteiger partial charge in [-0.2, -0.15) is 0 Å². The molecule has 7 nitrogen and oxygen atoms in total. The number of likely N-dealkylation sites (tertiary alicyclic amines) is 1. The van der Waals surface area contributed by atoms with E-state index in [2.05, 4.69) is 46.3 Å². The molecule has 2 aromatic carbocycles. The monoisotopic (exact) mass is 539 g/mol. The molecule has 2 saturated heterocycles. The van der Waals surface area contributed by atoms with Crippen molar-refractivity contribution in [1.29, 1.82) is 0 Å². The second kappa shape index (κ2) is 13.1. The summed E-state index contributed by atoms with van der Waals surface area (Å²) in [5.41, 5.74) is 8.69. The third-order valence-corrected chi connectivity index (χ3v) is 8.07. The van der Waals surface area contributed by atoms with Gasteiger partial charge in [-0.05, 0) is 80.1 Å². The van der Waals surface area contributed by atoms with E-state index in [9.17, 15) is 9.59 Å². The molecular formula is C28H34ClN5O2S. The van der Waals surface area contributed by atoms with Crippen LogP contribution in [-0.2, 0) is 24.2 Å². The van der Waals surface area contributed by atoms with E-state index >= 15 is 0 Å². The van der Waals surface area contributed by atoms with Crippen LogP contribution in [0.4, 0.5) is 5.69 Å². The number of aryl methyl sites for hydroxylation is 2. The van der Waals surface area contributed by atoms with Gasteiger partial charge in [-0.15, -0.1) is 10.2 Å². The van der Waals surface area contributed by atoms with Crippen LogP contribution < -0.4 is 10.6 Å². The Bertz CT molecular complexity index is 1170. The van der Waals surface area contributed by atoms with Crippen LogP contribution in [-0.4, -0.2) is 46.5 Å². The summed E-state index contributed by atoms with van der Waals surface area (Å²) in [6.07, 6.45) is 5.91. The Morgan fingerprint density at radius 2 is 1.68 bits per heavy atom. The maximum atomic E-state index is 11.7. The zero-order valence-electron chi connectivity index (χ0n) is 21.2. The number of benzene rings is 2. The summed E-state index contributed by atoms with van der Waals surface area (Å²) in [6, 6.07) is 16.2. The first-order chi connectivity index (χ1) is 17.9. The maximum absolute atomic E-state index is 11.7. The molecule has 2 N–H and O–H groups in total. The van der Waals surface area contributed by atoms with Gasteiger partial charge in [0.05, 0.1) is 0 Å². The van der Waals surface area contributed by atoms with Gasteiger partial charge in [-0.25, -0.2) is 0 Å². The summed E-state index contributed by atoms with van der Waals surface area (Å²) >= 11 is 7.04. The molecule has 2 aliphatic heterocycles. The van der Waals surface area contributed by atoms with Crippen LogP contribution in [0, 0.1) is 5.92 Å². The number of hydrogen-bond acceptors (Lipinski definition) is 6. The van der Waals surface area contributed by atoms with E-state index in [1.807, 2.05) is 29.2 Å². The summed E-state index contributed by atoms with van der Waals surface area (Å²) in [5, 5.41) is 9.42. The van der Waals surface area contributed by atoms with Crippen LogP contribution in [0.2, 0.25) is 5.02 Å². The first-order valence-corrected chi connectivity index (χ1v) is 14.0. The van der Waals surface area contributed by atoms with Crippen molar-refractivity contribution in [2.24, 2.45) is 11.7 Å². The van der Waals surface area contributed by atoms with Crippen molar-refractivity contribution >= 4 is 40.4 Å². The lowest BCUT2D eigenvalue weighted by Crippen LogP contribution is -2.32. The average Bonchev–Trinajstić information content (AvgIpc) is 3.55. The van der Waals surface area contributed by atoms with E-state index in [-0.39, 0.29) is 10.9 Å². The zero-order chi connectivity index (χ0) is 26.2. The molecule has 0 spiro atoms. The SMILES string of the molecule is CC1CCN(Cc2ccc(N3CCCC3=O)cc2)CC1.NC(=O)c1nnc(CCc2ccc(Cl)cc2)s1. The molecule has 2 amide bonds. The first kappa shape index (κ1) is 27.2. The third kappa shape index (κ3) is 8.09. The number of nitrogens with two attached hydrogens (primary N) is 1. The maximum Gasteiger partial charge on any atom is 0.279 e. The molecule has 3 aromatic rings. The number of aromatic nitrogens is 2. The van der Waals surface area contributed by atoms with E-state index < -0.39 is 5.91 Å². The molecular weight excluding hydrogens is 506 g/mol. The quantitative estimate of drug-likeness (QED) is 0.450. The molecule has 196 valence electrons. The number of halogens is 1. The smallest absolute Gasteiger partial charge is 0.279 e. The summed E-state index contributed by atoms with van der Waals surface area (Å²) in [5.74, 6) is 0.623. The summed E-state index contributed by atoms with van der Waals surface area (Å²) in [7, 11) is 0. The van der Waals surface area contributed by atoms with Gasteiger partial charge in [0.15, 0.2) is 0 Å². The van der Waals surface area contributed by atoms with Gasteiger partial charge in [-0.3, -0.25) is 14.5 Å². The highest BCUT2D eigenvalue weighted by Crippen LogP contribution is 2.23. The predicted octanol–water partition coefficient (Wildman–Crippen LogP) is 5.12. The Morgan fingerprint density at radius 3 is 2.27 bits per heavy atom. The van der Waals surface area contributed by atoms with Gasteiger partial charge in [0.25, 0.3) is 5.91 Å².